The zero-order chi connectivity index (χ0) is 19.6. The van der Waals surface area contributed by atoms with E-state index in [0.717, 1.165) is 0 Å². The summed E-state index contributed by atoms with van der Waals surface area (Å²) in [6, 6.07) is 1.65. The summed E-state index contributed by atoms with van der Waals surface area (Å²) in [5.74, 6) is -2.39. The first-order chi connectivity index (χ1) is 12.1. The number of aliphatic carboxylic acids is 1. The Bertz CT molecular complexity index is 918. The minimum Gasteiger partial charge on any atom is -0.548 e. The van der Waals surface area contributed by atoms with Crippen molar-refractivity contribution in [2.75, 3.05) is 0 Å². The number of fused-ring (bicyclic) bond motifs is 1. The fraction of sp³-hybridized carbons (Fsp3) is 0.389. The molecule has 1 aromatic heterocycles. The minimum absolute atomic E-state index is 0.0757. The Hall–Kier alpha value is -2.54. The molecule has 0 saturated carbocycles. The van der Waals surface area contributed by atoms with Crippen LogP contribution in [0.5, 0.6) is 5.75 Å². The Labute approximate surface area is 154 Å². The second kappa shape index (κ2) is 7.78. The Balaban J connectivity index is 2.23. The van der Waals surface area contributed by atoms with E-state index in [1.165, 1.54) is 12.1 Å². The molecule has 0 fully saturated rings. The molecule has 1 amide bonds. The number of aryl methyl sites for hydroxylation is 1. The molecule has 2 aromatic rings. The second-order valence-corrected chi connectivity index (χ2v) is 6.81. The van der Waals surface area contributed by atoms with Crippen molar-refractivity contribution in [2.45, 2.75) is 39.7 Å². The largest absolute Gasteiger partial charge is 0.548 e. The number of carboxylic acid groups (broad SMARTS) is 1. The van der Waals surface area contributed by atoms with Crippen LogP contribution in [0.15, 0.2) is 21.3 Å². The Morgan fingerprint density at radius 1 is 1.35 bits per heavy atom. The first-order valence-electron chi connectivity index (χ1n) is 8.06. The van der Waals surface area contributed by atoms with Crippen LogP contribution in [0.3, 0.4) is 0 Å². The van der Waals surface area contributed by atoms with Crippen LogP contribution in [-0.4, -0.2) is 23.0 Å². The highest BCUT2D eigenvalue weighted by Gasteiger charge is 2.19. The van der Waals surface area contributed by atoms with E-state index >= 15 is 0 Å². The quantitative estimate of drug-likeness (QED) is 0.728. The Morgan fingerprint density at radius 3 is 2.58 bits per heavy atom. The van der Waals surface area contributed by atoms with Crippen LogP contribution in [0.4, 0.5) is 0 Å². The molecule has 0 spiro atoms. The third-order valence-electron chi connectivity index (χ3n) is 4.19. The van der Waals surface area contributed by atoms with Crippen molar-refractivity contribution in [1.29, 1.82) is 0 Å². The molecular weight excluding hydrogens is 362 g/mol. The summed E-state index contributed by atoms with van der Waals surface area (Å²) in [5, 5.41) is 23.7. The molecule has 1 atom stereocenters. The van der Waals surface area contributed by atoms with E-state index in [0.29, 0.717) is 16.5 Å². The third kappa shape index (κ3) is 4.16. The number of benzene rings is 1. The first-order valence-corrected chi connectivity index (χ1v) is 8.44. The van der Waals surface area contributed by atoms with Gasteiger partial charge in [-0.05, 0) is 30.9 Å². The topological polar surface area (TPSA) is 120 Å². The number of phenolic OH excluding ortho intramolecular Hbond substituents is 1. The zero-order valence-electron chi connectivity index (χ0n) is 14.6. The van der Waals surface area contributed by atoms with Gasteiger partial charge in [0, 0.05) is 23.4 Å². The van der Waals surface area contributed by atoms with Gasteiger partial charge in [0.2, 0.25) is 5.91 Å². The van der Waals surface area contributed by atoms with Gasteiger partial charge < -0.3 is 24.7 Å². The van der Waals surface area contributed by atoms with Crippen LogP contribution >= 0.6 is 11.6 Å². The van der Waals surface area contributed by atoms with Gasteiger partial charge in [0.25, 0.3) is 0 Å². The summed E-state index contributed by atoms with van der Waals surface area (Å²) >= 11 is 5.90. The molecular formula is C18H19ClNO6-. The highest BCUT2D eigenvalue weighted by atomic mass is 35.5. The van der Waals surface area contributed by atoms with Gasteiger partial charge >= 0.3 is 5.63 Å². The molecule has 8 heteroatoms. The Morgan fingerprint density at radius 2 is 2.00 bits per heavy atom. The number of carboxylic acids is 1. The van der Waals surface area contributed by atoms with E-state index < -0.39 is 23.5 Å². The molecule has 140 valence electrons. The lowest BCUT2D eigenvalue weighted by molar-refractivity contribution is -0.309. The average molecular weight is 381 g/mol. The molecule has 26 heavy (non-hydrogen) atoms. The molecule has 0 bridgehead atoms. The summed E-state index contributed by atoms with van der Waals surface area (Å²) < 4.78 is 5.19. The number of rotatable bonds is 6. The van der Waals surface area contributed by atoms with E-state index in [9.17, 15) is 24.6 Å². The summed E-state index contributed by atoms with van der Waals surface area (Å²) in [6.45, 7) is 5.00. The van der Waals surface area contributed by atoms with Crippen molar-refractivity contribution >= 4 is 34.4 Å². The lowest BCUT2D eigenvalue weighted by Gasteiger charge is -2.23. The predicted octanol–water partition coefficient (Wildman–Crippen LogP) is 1.28. The summed E-state index contributed by atoms with van der Waals surface area (Å²) in [6.07, 6.45) is -0.00821. The SMILES string of the molecule is Cc1c(CCC(=O)N[C@H](C(=O)[O-])C(C)C)c(=O)oc2cc(O)c(Cl)cc12. The van der Waals surface area contributed by atoms with E-state index in [2.05, 4.69) is 5.32 Å². The van der Waals surface area contributed by atoms with Gasteiger partial charge in [-0.3, -0.25) is 4.79 Å². The van der Waals surface area contributed by atoms with Crippen LogP contribution in [0.1, 0.15) is 31.4 Å². The maximum Gasteiger partial charge on any atom is 0.339 e. The fourth-order valence-corrected chi connectivity index (χ4v) is 2.83. The maximum atomic E-state index is 12.2. The zero-order valence-corrected chi connectivity index (χ0v) is 15.3. The maximum absolute atomic E-state index is 12.2. The van der Waals surface area contributed by atoms with E-state index in [1.807, 2.05) is 0 Å². The van der Waals surface area contributed by atoms with Crippen molar-refractivity contribution in [3.05, 3.63) is 38.7 Å². The molecule has 2 rings (SSSR count). The molecule has 0 aliphatic heterocycles. The van der Waals surface area contributed by atoms with Gasteiger partial charge in [-0.25, -0.2) is 4.79 Å². The molecule has 1 heterocycles. The van der Waals surface area contributed by atoms with Gasteiger partial charge in [-0.1, -0.05) is 25.4 Å². The van der Waals surface area contributed by atoms with Crippen molar-refractivity contribution in [3.63, 3.8) is 0 Å². The molecule has 0 aliphatic rings. The van der Waals surface area contributed by atoms with Crippen LogP contribution in [0.25, 0.3) is 11.0 Å². The number of halogens is 1. The molecule has 0 unspecified atom stereocenters. The lowest BCUT2D eigenvalue weighted by atomic mass is 10.0. The second-order valence-electron chi connectivity index (χ2n) is 6.40. The number of nitrogens with one attached hydrogen (secondary N) is 1. The van der Waals surface area contributed by atoms with E-state index in [4.69, 9.17) is 16.0 Å². The number of amides is 1. The first kappa shape index (κ1) is 19.8. The van der Waals surface area contributed by atoms with Gasteiger partial charge in [0.05, 0.1) is 17.0 Å². The van der Waals surface area contributed by atoms with Crippen molar-refractivity contribution in [3.8, 4) is 5.75 Å². The number of phenols is 1. The summed E-state index contributed by atoms with van der Waals surface area (Å²) in [5.41, 5.74) is 0.458. The van der Waals surface area contributed by atoms with Gasteiger partial charge in [0.15, 0.2) is 0 Å². The number of hydrogen-bond donors (Lipinski definition) is 2. The predicted molar refractivity (Wildman–Crippen MR) is 94.0 cm³/mol. The summed E-state index contributed by atoms with van der Waals surface area (Å²) in [4.78, 5) is 35.3. The molecule has 7 nitrogen and oxygen atoms in total. The van der Waals surface area contributed by atoms with E-state index in [-0.39, 0.29) is 35.1 Å². The highest BCUT2D eigenvalue weighted by Crippen LogP contribution is 2.30. The summed E-state index contributed by atoms with van der Waals surface area (Å²) in [7, 11) is 0. The molecule has 1 aromatic carbocycles. The van der Waals surface area contributed by atoms with Gasteiger partial charge in [-0.2, -0.15) is 0 Å². The smallest absolute Gasteiger partial charge is 0.339 e. The average Bonchev–Trinajstić information content (AvgIpc) is 2.54. The minimum atomic E-state index is -1.36. The van der Waals surface area contributed by atoms with Gasteiger partial charge in [0.1, 0.15) is 11.3 Å². The van der Waals surface area contributed by atoms with Gasteiger partial charge in [-0.15, -0.1) is 0 Å². The molecule has 0 radical (unpaired) electrons. The van der Waals surface area contributed by atoms with Crippen LogP contribution in [0.2, 0.25) is 5.02 Å². The number of aromatic hydroxyl groups is 1. The third-order valence-corrected chi connectivity index (χ3v) is 4.50. The number of carbonyl (C=O) groups is 2. The van der Waals surface area contributed by atoms with Crippen LogP contribution in [0, 0.1) is 12.8 Å². The fourth-order valence-electron chi connectivity index (χ4n) is 2.67. The molecule has 0 aliphatic carbocycles. The van der Waals surface area contributed by atoms with Crippen LogP contribution < -0.4 is 16.0 Å². The number of hydrogen-bond acceptors (Lipinski definition) is 6. The van der Waals surface area contributed by atoms with Crippen LogP contribution in [-0.2, 0) is 16.0 Å². The normalized spacial score (nSPS) is 12.3. The van der Waals surface area contributed by atoms with Crippen molar-refractivity contribution in [2.24, 2.45) is 5.92 Å². The van der Waals surface area contributed by atoms with Crippen molar-refractivity contribution < 1.29 is 24.2 Å². The lowest BCUT2D eigenvalue weighted by Crippen LogP contribution is -2.50. The molecule has 2 N–H and O–H groups in total. The number of carbonyl (C=O) groups excluding carboxylic acids is 2. The highest BCUT2D eigenvalue weighted by molar-refractivity contribution is 6.32. The van der Waals surface area contributed by atoms with E-state index in [1.54, 1.807) is 20.8 Å². The molecule has 0 saturated heterocycles. The van der Waals surface area contributed by atoms with Crippen molar-refractivity contribution in [1.82, 2.24) is 5.32 Å². The standard InChI is InChI=1S/C18H20ClNO6/c1-8(2)16(17(23)24)20-15(22)5-4-10-9(3)11-6-12(19)13(21)7-14(11)26-18(10)25/h6-8,16,21H,4-5H2,1-3H3,(H,20,22)(H,23,24)/p-1/t16-/m0/s1. The monoisotopic (exact) mass is 380 g/mol. The Kier molecular flexibility index (Phi) is 5.92.